The highest BCUT2D eigenvalue weighted by atomic mass is 35.5. The Labute approximate surface area is 147 Å². The largest absolute Gasteiger partial charge is 0.314 e. The third kappa shape index (κ3) is 4.47. The Morgan fingerprint density at radius 1 is 1.09 bits per heavy atom. The summed E-state index contributed by atoms with van der Waals surface area (Å²) in [7, 11) is 1.77. The molecule has 1 N–H and O–H groups in total. The summed E-state index contributed by atoms with van der Waals surface area (Å²) in [6, 6.07) is 14.5. The number of nitrogens with one attached hydrogen (secondary N) is 1. The van der Waals surface area contributed by atoms with Crippen LogP contribution < -0.4 is 10.2 Å². The number of hydrogen-bond acceptors (Lipinski definition) is 2. The molecule has 23 heavy (non-hydrogen) atoms. The number of para-hydroxylation sites is 1. The third-order valence-corrected chi connectivity index (χ3v) is 4.34. The van der Waals surface area contributed by atoms with Gasteiger partial charge in [-0.15, -0.1) is 0 Å². The quantitative estimate of drug-likeness (QED) is 0.847. The maximum atomic E-state index is 12.6. The lowest BCUT2D eigenvalue weighted by Gasteiger charge is -2.25. The van der Waals surface area contributed by atoms with Crippen molar-refractivity contribution in [2.75, 3.05) is 11.9 Å². The Balaban J connectivity index is 2.05. The van der Waals surface area contributed by atoms with Crippen LogP contribution in [0.25, 0.3) is 0 Å². The second kappa shape index (κ2) is 7.82. The van der Waals surface area contributed by atoms with Gasteiger partial charge >= 0.3 is 0 Å². The topological polar surface area (TPSA) is 32.3 Å². The van der Waals surface area contributed by atoms with Gasteiger partial charge in [-0.1, -0.05) is 47.5 Å². The summed E-state index contributed by atoms with van der Waals surface area (Å²) in [5.74, 6) is -0.00636. The summed E-state index contributed by atoms with van der Waals surface area (Å²) in [5, 5.41) is 4.48. The fourth-order valence-electron chi connectivity index (χ4n) is 2.46. The van der Waals surface area contributed by atoms with Gasteiger partial charge in [-0.2, -0.15) is 0 Å². The molecule has 0 radical (unpaired) electrons. The molecule has 122 valence electrons. The van der Waals surface area contributed by atoms with Crippen molar-refractivity contribution >= 4 is 34.8 Å². The van der Waals surface area contributed by atoms with Crippen LogP contribution in [0.3, 0.4) is 0 Å². The summed E-state index contributed by atoms with van der Waals surface area (Å²) in [4.78, 5) is 14.2. The van der Waals surface area contributed by atoms with Crippen LogP contribution in [0, 0.1) is 0 Å². The van der Waals surface area contributed by atoms with Gasteiger partial charge < -0.3 is 4.90 Å². The molecule has 0 spiro atoms. The van der Waals surface area contributed by atoms with Crippen molar-refractivity contribution in [3.63, 3.8) is 0 Å². The molecule has 2 rings (SSSR count). The van der Waals surface area contributed by atoms with Crippen molar-refractivity contribution in [1.82, 2.24) is 5.32 Å². The zero-order chi connectivity index (χ0) is 17.0. The lowest BCUT2D eigenvalue weighted by molar-refractivity contribution is -0.120. The lowest BCUT2D eigenvalue weighted by atomic mass is 10.1. The average Bonchev–Trinajstić information content (AvgIpc) is 2.54. The molecule has 0 saturated heterocycles. The first-order valence-electron chi connectivity index (χ1n) is 7.43. The molecule has 2 aromatic carbocycles. The van der Waals surface area contributed by atoms with Gasteiger partial charge in [-0.25, -0.2) is 0 Å². The molecule has 0 aliphatic heterocycles. The second-order valence-corrected chi connectivity index (χ2v) is 6.35. The van der Waals surface area contributed by atoms with Crippen LogP contribution in [-0.2, 0) is 4.79 Å². The van der Waals surface area contributed by atoms with Gasteiger partial charge in [0.05, 0.1) is 6.04 Å². The van der Waals surface area contributed by atoms with Crippen molar-refractivity contribution in [2.24, 2.45) is 0 Å². The number of nitrogens with zero attached hydrogens (tertiary/aromatic N) is 1. The Kier molecular flexibility index (Phi) is 6.05. The van der Waals surface area contributed by atoms with E-state index in [9.17, 15) is 4.79 Å². The van der Waals surface area contributed by atoms with Gasteiger partial charge in [0.2, 0.25) is 5.91 Å². The van der Waals surface area contributed by atoms with E-state index in [-0.39, 0.29) is 18.0 Å². The minimum absolute atomic E-state index is 0.00636. The summed E-state index contributed by atoms with van der Waals surface area (Å²) >= 11 is 12.1. The number of likely N-dealkylation sites (N-methyl/N-ethyl adjacent to an activating group) is 1. The highest BCUT2D eigenvalue weighted by Crippen LogP contribution is 2.26. The Morgan fingerprint density at radius 2 is 1.74 bits per heavy atom. The van der Waals surface area contributed by atoms with E-state index in [1.54, 1.807) is 24.1 Å². The van der Waals surface area contributed by atoms with Crippen LogP contribution >= 0.6 is 23.2 Å². The zero-order valence-electron chi connectivity index (χ0n) is 13.4. The van der Waals surface area contributed by atoms with Crippen LogP contribution in [0.4, 0.5) is 5.69 Å². The van der Waals surface area contributed by atoms with Crippen molar-refractivity contribution in [2.45, 2.75) is 25.9 Å². The standard InChI is InChI=1S/C18H20Cl2N2O/c1-12(16-10-9-14(19)11-17(16)20)21-13(2)18(23)22(3)15-7-5-4-6-8-15/h4-13,21H,1-3H3/t12-,13-/m1/s1. The first kappa shape index (κ1) is 17.8. The predicted octanol–water partition coefficient (Wildman–Crippen LogP) is 4.70. The molecule has 1 amide bonds. The first-order valence-corrected chi connectivity index (χ1v) is 8.19. The van der Waals surface area contributed by atoms with Crippen LogP contribution in [0.5, 0.6) is 0 Å². The molecule has 0 heterocycles. The normalized spacial score (nSPS) is 13.4. The Bertz CT molecular complexity index is 676. The molecule has 0 aromatic heterocycles. The number of carbonyl (C=O) groups excluding carboxylic acids is 1. The van der Waals surface area contributed by atoms with Gasteiger partial charge in [0.1, 0.15) is 0 Å². The Hall–Kier alpha value is -1.55. The Morgan fingerprint density at radius 3 is 2.35 bits per heavy atom. The van der Waals surface area contributed by atoms with Crippen LogP contribution in [-0.4, -0.2) is 19.0 Å². The highest BCUT2D eigenvalue weighted by molar-refractivity contribution is 6.35. The summed E-state index contributed by atoms with van der Waals surface area (Å²) < 4.78 is 0. The highest BCUT2D eigenvalue weighted by Gasteiger charge is 2.21. The van der Waals surface area contributed by atoms with Crippen LogP contribution in [0.1, 0.15) is 25.5 Å². The zero-order valence-corrected chi connectivity index (χ0v) is 14.9. The van der Waals surface area contributed by atoms with E-state index >= 15 is 0 Å². The van der Waals surface area contributed by atoms with E-state index in [4.69, 9.17) is 23.2 Å². The van der Waals surface area contributed by atoms with E-state index in [2.05, 4.69) is 5.32 Å². The van der Waals surface area contributed by atoms with E-state index in [1.807, 2.05) is 50.2 Å². The molecular formula is C18H20Cl2N2O. The number of benzene rings is 2. The van der Waals surface area contributed by atoms with Crippen molar-refractivity contribution in [3.8, 4) is 0 Å². The fourth-order valence-corrected chi connectivity index (χ4v) is 3.03. The van der Waals surface area contributed by atoms with Gasteiger partial charge in [-0.05, 0) is 43.7 Å². The number of carbonyl (C=O) groups is 1. The SMILES string of the molecule is C[C@@H](N[C@H](C)c1ccc(Cl)cc1Cl)C(=O)N(C)c1ccccc1. The van der Waals surface area contributed by atoms with E-state index < -0.39 is 0 Å². The third-order valence-electron chi connectivity index (χ3n) is 3.77. The molecule has 0 unspecified atom stereocenters. The predicted molar refractivity (Wildman–Crippen MR) is 97.3 cm³/mol. The second-order valence-electron chi connectivity index (χ2n) is 5.51. The van der Waals surface area contributed by atoms with Crippen molar-refractivity contribution < 1.29 is 4.79 Å². The van der Waals surface area contributed by atoms with Gasteiger partial charge in [0.25, 0.3) is 0 Å². The van der Waals surface area contributed by atoms with Gasteiger partial charge in [-0.3, -0.25) is 10.1 Å². The smallest absolute Gasteiger partial charge is 0.243 e. The summed E-state index contributed by atoms with van der Waals surface area (Å²) in [6.07, 6.45) is 0. The minimum atomic E-state index is -0.345. The number of rotatable bonds is 5. The molecule has 3 nitrogen and oxygen atoms in total. The summed E-state index contributed by atoms with van der Waals surface area (Å²) in [5.41, 5.74) is 1.78. The molecule has 2 atom stereocenters. The number of halogens is 2. The monoisotopic (exact) mass is 350 g/mol. The van der Waals surface area contributed by atoms with Gasteiger partial charge in [0.15, 0.2) is 0 Å². The molecule has 0 saturated carbocycles. The van der Waals surface area contributed by atoms with Crippen molar-refractivity contribution in [3.05, 3.63) is 64.1 Å². The van der Waals surface area contributed by atoms with E-state index in [1.165, 1.54) is 0 Å². The number of amides is 1. The molecule has 5 heteroatoms. The fraction of sp³-hybridized carbons (Fsp3) is 0.278. The first-order chi connectivity index (χ1) is 10.9. The molecule has 0 aliphatic rings. The lowest BCUT2D eigenvalue weighted by Crippen LogP contribution is -2.44. The van der Waals surface area contributed by atoms with Crippen LogP contribution in [0.15, 0.2) is 48.5 Å². The molecule has 0 fully saturated rings. The van der Waals surface area contributed by atoms with E-state index in [0.717, 1.165) is 11.3 Å². The van der Waals surface area contributed by atoms with E-state index in [0.29, 0.717) is 10.0 Å². The number of anilines is 1. The van der Waals surface area contributed by atoms with Gasteiger partial charge in [0, 0.05) is 28.8 Å². The molecular weight excluding hydrogens is 331 g/mol. The average molecular weight is 351 g/mol. The maximum Gasteiger partial charge on any atom is 0.243 e. The summed E-state index contributed by atoms with van der Waals surface area (Å²) in [6.45, 7) is 3.82. The number of hydrogen-bond donors (Lipinski definition) is 1. The van der Waals surface area contributed by atoms with Crippen LogP contribution in [0.2, 0.25) is 10.0 Å². The molecule has 2 aromatic rings. The van der Waals surface area contributed by atoms with Crippen molar-refractivity contribution in [1.29, 1.82) is 0 Å². The minimum Gasteiger partial charge on any atom is -0.314 e. The molecule has 0 bridgehead atoms. The maximum absolute atomic E-state index is 12.6. The molecule has 0 aliphatic carbocycles.